The fourth-order valence-electron chi connectivity index (χ4n) is 2.92. The van der Waals surface area contributed by atoms with Crippen LogP contribution in [-0.4, -0.2) is 13.1 Å². The van der Waals surface area contributed by atoms with Gasteiger partial charge in [0.2, 0.25) is 0 Å². The van der Waals surface area contributed by atoms with Gasteiger partial charge in [-0.3, -0.25) is 0 Å². The molecule has 110 valence electrons. The highest BCUT2D eigenvalue weighted by molar-refractivity contribution is 5.90. The second-order valence-corrected chi connectivity index (χ2v) is 5.27. The summed E-state index contributed by atoms with van der Waals surface area (Å²) in [5.74, 6) is 0.792. The van der Waals surface area contributed by atoms with Gasteiger partial charge in [-0.25, -0.2) is 4.79 Å². The molecule has 1 N–H and O–H groups in total. The number of furan rings is 1. The molecule has 4 heteroatoms. The summed E-state index contributed by atoms with van der Waals surface area (Å²) in [5.41, 5.74) is 2.83. The molecule has 0 saturated heterocycles. The maximum Gasteiger partial charge on any atom is 0.338 e. The molecule has 2 aromatic rings. The minimum Gasteiger partial charge on any atom is -0.469 e. The number of ether oxygens (including phenoxy) is 1. The van der Waals surface area contributed by atoms with Crippen molar-refractivity contribution in [3.8, 4) is 0 Å². The molecule has 0 amide bonds. The lowest BCUT2D eigenvalue weighted by Crippen LogP contribution is -2.25. The van der Waals surface area contributed by atoms with Crippen molar-refractivity contribution in [3.05, 3.63) is 59.0 Å². The molecule has 1 heterocycles. The molecule has 1 aliphatic carbocycles. The van der Waals surface area contributed by atoms with E-state index in [0.717, 1.165) is 30.6 Å². The average Bonchev–Trinajstić information content (AvgIpc) is 3.01. The Hall–Kier alpha value is -2.07. The van der Waals surface area contributed by atoms with Crippen LogP contribution in [0, 0.1) is 0 Å². The van der Waals surface area contributed by atoms with E-state index in [1.54, 1.807) is 12.3 Å². The standard InChI is InChI=1S/C17H19NO3/c1-20-17(19)13-6-3-2-5-12(13)11-18-15-7-4-8-16-14(15)9-10-21-16/h2-3,5-6,9-10,15,18H,4,7-8,11H2,1H3. The number of methoxy groups -OCH3 is 1. The average molecular weight is 285 g/mol. The van der Waals surface area contributed by atoms with Gasteiger partial charge in [0, 0.05) is 24.6 Å². The molecule has 0 saturated carbocycles. The van der Waals surface area contributed by atoms with Crippen LogP contribution in [0.25, 0.3) is 0 Å². The summed E-state index contributed by atoms with van der Waals surface area (Å²) in [6.45, 7) is 0.639. The van der Waals surface area contributed by atoms with Gasteiger partial charge in [0.05, 0.1) is 18.9 Å². The smallest absolute Gasteiger partial charge is 0.338 e. The maximum atomic E-state index is 11.8. The molecule has 0 bridgehead atoms. The van der Waals surface area contributed by atoms with E-state index in [4.69, 9.17) is 9.15 Å². The summed E-state index contributed by atoms with van der Waals surface area (Å²) in [5, 5.41) is 3.53. The molecule has 1 atom stereocenters. The van der Waals surface area contributed by atoms with Crippen LogP contribution in [0.5, 0.6) is 0 Å². The van der Waals surface area contributed by atoms with Gasteiger partial charge in [-0.15, -0.1) is 0 Å². The molecule has 1 unspecified atom stereocenters. The summed E-state index contributed by atoms with van der Waals surface area (Å²) in [7, 11) is 1.41. The van der Waals surface area contributed by atoms with Crippen LogP contribution in [0.2, 0.25) is 0 Å². The zero-order valence-electron chi connectivity index (χ0n) is 12.1. The monoisotopic (exact) mass is 285 g/mol. The lowest BCUT2D eigenvalue weighted by atomic mass is 9.93. The Morgan fingerprint density at radius 2 is 2.24 bits per heavy atom. The van der Waals surface area contributed by atoms with Crippen LogP contribution in [0.15, 0.2) is 41.0 Å². The van der Waals surface area contributed by atoms with Crippen LogP contribution >= 0.6 is 0 Å². The fourth-order valence-corrected chi connectivity index (χ4v) is 2.92. The molecule has 4 nitrogen and oxygen atoms in total. The minimum atomic E-state index is -0.292. The van der Waals surface area contributed by atoms with E-state index in [-0.39, 0.29) is 5.97 Å². The number of rotatable bonds is 4. The number of aryl methyl sites for hydroxylation is 1. The van der Waals surface area contributed by atoms with Gasteiger partial charge < -0.3 is 14.5 Å². The Morgan fingerprint density at radius 3 is 3.10 bits per heavy atom. The van der Waals surface area contributed by atoms with Crippen molar-refractivity contribution in [3.63, 3.8) is 0 Å². The van der Waals surface area contributed by atoms with Crippen LogP contribution in [-0.2, 0) is 17.7 Å². The largest absolute Gasteiger partial charge is 0.469 e. The van der Waals surface area contributed by atoms with Gasteiger partial charge in [-0.2, -0.15) is 0 Å². The predicted molar refractivity (Wildman–Crippen MR) is 79.0 cm³/mol. The first-order chi connectivity index (χ1) is 10.3. The summed E-state index contributed by atoms with van der Waals surface area (Å²) in [4.78, 5) is 11.8. The number of carbonyl (C=O) groups excluding carboxylic acids is 1. The molecule has 3 rings (SSSR count). The fraction of sp³-hybridized carbons (Fsp3) is 0.353. The number of esters is 1. The third-order valence-corrected chi connectivity index (χ3v) is 4.01. The van der Waals surface area contributed by atoms with Gasteiger partial charge in [0.15, 0.2) is 0 Å². The van der Waals surface area contributed by atoms with E-state index in [9.17, 15) is 4.79 Å². The molecule has 1 aromatic heterocycles. The third-order valence-electron chi connectivity index (χ3n) is 4.01. The summed E-state index contributed by atoms with van der Waals surface area (Å²) < 4.78 is 10.3. The number of benzene rings is 1. The van der Waals surface area contributed by atoms with Gasteiger partial charge >= 0.3 is 5.97 Å². The highest BCUT2D eigenvalue weighted by atomic mass is 16.5. The number of fused-ring (bicyclic) bond motifs is 1. The van der Waals surface area contributed by atoms with Crippen molar-refractivity contribution in [2.24, 2.45) is 0 Å². The Labute approximate surface area is 124 Å². The Kier molecular flexibility index (Phi) is 4.06. The van der Waals surface area contributed by atoms with Crippen molar-refractivity contribution in [2.45, 2.75) is 31.8 Å². The van der Waals surface area contributed by atoms with E-state index in [0.29, 0.717) is 18.2 Å². The third kappa shape index (κ3) is 2.85. The molecular formula is C17H19NO3. The Balaban J connectivity index is 1.74. The van der Waals surface area contributed by atoms with Crippen molar-refractivity contribution < 1.29 is 13.9 Å². The van der Waals surface area contributed by atoms with Crippen molar-refractivity contribution in [1.82, 2.24) is 5.32 Å². The van der Waals surface area contributed by atoms with Gasteiger partial charge in [0.25, 0.3) is 0 Å². The van der Waals surface area contributed by atoms with Crippen molar-refractivity contribution >= 4 is 5.97 Å². The van der Waals surface area contributed by atoms with Crippen LogP contribution < -0.4 is 5.32 Å². The van der Waals surface area contributed by atoms with Gasteiger partial charge in [-0.05, 0) is 30.5 Å². The summed E-state index contributed by atoms with van der Waals surface area (Å²) >= 11 is 0. The maximum absolute atomic E-state index is 11.8. The first kappa shape index (κ1) is 13.9. The highest BCUT2D eigenvalue weighted by Crippen LogP contribution is 2.30. The van der Waals surface area contributed by atoms with Gasteiger partial charge in [-0.1, -0.05) is 18.2 Å². The van der Waals surface area contributed by atoms with E-state index < -0.39 is 0 Å². The second kappa shape index (κ2) is 6.14. The van der Waals surface area contributed by atoms with E-state index in [1.165, 1.54) is 12.7 Å². The number of hydrogen-bond donors (Lipinski definition) is 1. The molecule has 21 heavy (non-hydrogen) atoms. The Bertz CT molecular complexity index is 632. The van der Waals surface area contributed by atoms with E-state index in [1.807, 2.05) is 24.3 Å². The lowest BCUT2D eigenvalue weighted by molar-refractivity contribution is 0.0599. The van der Waals surface area contributed by atoms with E-state index >= 15 is 0 Å². The predicted octanol–water partition coefficient (Wildman–Crippen LogP) is 3.23. The highest BCUT2D eigenvalue weighted by Gasteiger charge is 2.22. The number of hydrogen-bond acceptors (Lipinski definition) is 4. The molecule has 1 aromatic carbocycles. The van der Waals surface area contributed by atoms with Crippen LogP contribution in [0.1, 0.15) is 46.1 Å². The zero-order valence-corrected chi connectivity index (χ0v) is 12.1. The summed E-state index contributed by atoms with van der Waals surface area (Å²) in [6, 6.07) is 9.88. The normalized spacial score (nSPS) is 17.3. The second-order valence-electron chi connectivity index (χ2n) is 5.27. The summed E-state index contributed by atoms with van der Waals surface area (Å²) in [6.07, 6.45) is 4.98. The molecule has 1 aliphatic rings. The molecule has 0 spiro atoms. The first-order valence-electron chi connectivity index (χ1n) is 7.25. The zero-order chi connectivity index (χ0) is 14.7. The number of carbonyl (C=O) groups is 1. The molecule has 0 fully saturated rings. The Morgan fingerprint density at radius 1 is 1.38 bits per heavy atom. The number of nitrogens with one attached hydrogen (secondary N) is 1. The first-order valence-corrected chi connectivity index (χ1v) is 7.25. The molecule has 0 aliphatic heterocycles. The minimum absolute atomic E-state index is 0.290. The van der Waals surface area contributed by atoms with Crippen LogP contribution in [0.3, 0.4) is 0 Å². The van der Waals surface area contributed by atoms with E-state index in [2.05, 4.69) is 5.32 Å². The van der Waals surface area contributed by atoms with Crippen molar-refractivity contribution in [1.29, 1.82) is 0 Å². The SMILES string of the molecule is COC(=O)c1ccccc1CNC1CCCc2occc21. The lowest BCUT2D eigenvalue weighted by Gasteiger charge is -2.23. The molecule has 0 radical (unpaired) electrons. The molecular weight excluding hydrogens is 266 g/mol. The quantitative estimate of drug-likeness (QED) is 0.876. The van der Waals surface area contributed by atoms with Gasteiger partial charge in [0.1, 0.15) is 5.76 Å². The topological polar surface area (TPSA) is 51.5 Å². The van der Waals surface area contributed by atoms with Crippen LogP contribution in [0.4, 0.5) is 0 Å². The van der Waals surface area contributed by atoms with Crippen molar-refractivity contribution in [2.75, 3.05) is 7.11 Å².